The lowest BCUT2D eigenvalue weighted by Gasteiger charge is -2.20. The second-order valence-corrected chi connectivity index (χ2v) is 8.05. The van der Waals surface area contributed by atoms with E-state index in [9.17, 15) is 13.5 Å². The highest BCUT2D eigenvalue weighted by Gasteiger charge is 2.32. The zero-order valence-corrected chi connectivity index (χ0v) is 14.9. The number of fused-ring (bicyclic) bond motifs is 2. The fourth-order valence-corrected chi connectivity index (χ4v) is 4.62. The summed E-state index contributed by atoms with van der Waals surface area (Å²) in [4.78, 5) is 0.0575. The molecular weight excluding hydrogens is 350 g/mol. The summed E-state index contributed by atoms with van der Waals surface area (Å²) in [5.74, 6) is 0.743. The van der Waals surface area contributed by atoms with Gasteiger partial charge in [-0.1, -0.05) is 36.4 Å². The van der Waals surface area contributed by atoms with E-state index in [4.69, 9.17) is 4.74 Å². The first kappa shape index (κ1) is 16.5. The van der Waals surface area contributed by atoms with E-state index < -0.39 is 10.0 Å². The maximum Gasteiger partial charge on any atom is 0.264 e. The number of aromatic hydroxyl groups is 1. The number of anilines is 1. The van der Waals surface area contributed by atoms with Crippen LogP contribution in [0.3, 0.4) is 0 Å². The number of hydrogen-bond acceptors (Lipinski definition) is 4. The largest absolute Gasteiger partial charge is 0.507 e. The molecule has 0 aliphatic carbocycles. The Labute approximate surface area is 152 Å². The van der Waals surface area contributed by atoms with Crippen LogP contribution in [-0.4, -0.2) is 20.6 Å². The Morgan fingerprint density at radius 1 is 0.962 bits per heavy atom. The summed E-state index contributed by atoms with van der Waals surface area (Å²) in [7, 11) is -2.30. The molecule has 1 aliphatic heterocycles. The standard InChI is InChI=1S/C20H17NO4S/c1-21-18-10-6-5-7-14(18)11-17-19(22)12-16(13-20(17)26(21,23)24)25-15-8-3-2-4-9-15/h2-10,12-13,22H,11H2,1H3. The van der Waals surface area contributed by atoms with Gasteiger partial charge in [0.1, 0.15) is 17.2 Å². The summed E-state index contributed by atoms with van der Waals surface area (Å²) in [5, 5.41) is 10.5. The van der Waals surface area contributed by atoms with Crippen molar-refractivity contribution >= 4 is 15.7 Å². The van der Waals surface area contributed by atoms with Crippen molar-refractivity contribution < 1.29 is 18.3 Å². The van der Waals surface area contributed by atoms with Crippen molar-refractivity contribution in [3.63, 3.8) is 0 Å². The summed E-state index contributed by atoms with van der Waals surface area (Å²) in [6.07, 6.45) is 0.326. The molecular formula is C20H17NO4S. The number of phenolic OH excluding ortho intramolecular Hbond substituents is 1. The normalized spacial score (nSPS) is 14.9. The number of ether oxygens (including phenoxy) is 1. The average molecular weight is 367 g/mol. The minimum absolute atomic E-state index is 0.0575. The highest BCUT2D eigenvalue weighted by molar-refractivity contribution is 7.92. The molecule has 1 aliphatic rings. The molecule has 0 bridgehead atoms. The first-order valence-electron chi connectivity index (χ1n) is 8.12. The van der Waals surface area contributed by atoms with Crippen molar-refractivity contribution in [2.24, 2.45) is 0 Å². The summed E-state index contributed by atoms with van der Waals surface area (Å²) >= 11 is 0. The van der Waals surface area contributed by atoms with Gasteiger partial charge in [0.2, 0.25) is 0 Å². The lowest BCUT2D eigenvalue weighted by Crippen LogP contribution is -2.26. The molecule has 1 N–H and O–H groups in total. The van der Waals surface area contributed by atoms with Gasteiger partial charge in [0.05, 0.1) is 10.6 Å². The molecule has 4 rings (SSSR count). The Balaban J connectivity index is 1.87. The number of para-hydroxylation sites is 2. The van der Waals surface area contributed by atoms with E-state index in [0.29, 0.717) is 23.4 Å². The molecule has 0 radical (unpaired) electrons. The number of benzene rings is 3. The molecule has 0 amide bonds. The quantitative estimate of drug-likeness (QED) is 0.746. The zero-order valence-electron chi connectivity index (χ0n) is 14.1. The minimum Gasteiger partial charge on any atom is -0.507 e. The summed E-state index contributed by atoms with van der Waals surface area (Å²) in [5.41, 5.74) is 1.82. The van der Waals surface area contributed by atoms with Crippen molar-refractivity contribution in [2.45, 2.75) is 11.3 Å². The number of nitrogens with zero attached hydrogens (tertiary/aromatic N) is 1. The van der Waals surface area contributed by atoms with Crippen LogP contribution in [0.2, 0.25) is 0 Å². The molecule has 0 fully saturated rings. The average Bonchev–Trinajstić information content (AvgIpc) is 2.71. The van der Waals surface area contributed by atoms with E-state index in [1.165, 1.54) is 23.5 Å². The van der Waals surface area contributed by atoms with E-state index in [2.05, 4.69) is 0 Å². The maximum absolute atomic E-state index is 13.1. The lowest BCUT2D eigenvalue weighted by molar-refractivity contribution is 0.447. The molecule has 3 aromatic carbocycles. The Morgan fingerprint density at radius 3 is 2.42 bits per heavy atom. The van der Waals surface area contributed by atoms with Crippen LogP contribution in [0.1, 0.15) is 11.1 Å². The first-order chi connectivity index (χ1) is 12.5. The van der Waals surface area contributed by atoms with Crippen molar-refractivity contribution in [1.82, 2.24) is 0 Å². The highest BCUT2D eigenvalue weighted by Crippen LogP contribution is 2.40. The summed E-state index contributed by atoms with van der Waals surface area (Å²) in [6, 6.07) is 19.2. The van der Waals surface area contributed by atoms with Gasteiger partial charge in [0, 0.05) is 31.2 Å². The molecule has 0 aromatic heterocycles. The van der Waals surface area contributed by atoms with Crippen molar-refractivity contribution in [3.8, 4) is 17.2 Å². The smallest absolute Gasteiger partial charge is 0.264 e. The van der Waals surface area contributed by atoms with E-state index in [0.717, 1.165) is 5.56 Å². The van der Waals surface area contributed by atoms with E-state index in [1.54, 1.807) is 24.3 Å². The van der Waals surface area contributed by atoms with Gasteiger partial charge >= 0.3 is 0 Å². The molecule has 3 aromatic rings. The molecule has 0 saturated carbocycles. The third kappa shape index (κ3) is 2.68. The molecule has 0 atom stereocenters. The Bertz CT molecular complexity index is 1080. The fraction of sp³-hybridized carbons (Fsp3) is 0.100. The molecule has 1 heterocycles. The third-order valence-corrected chi connectivity index (χ3v) is 6.31. The van der Waals surface area contributed by atoms with Gasteiger partial charge in [-0.05, 0) is 23.8 Å². The molecule has 26 heavy (non-hydrogen) atoms. The van der Waals surface area contributed by atoms with Crippen molar-refractivity contribution in [3.05, 3.63) is 77.9 Å². The molecule has 5 nitrogen and oxygen atoms in total. The van der Waals surface area contributed by atoms with Crippen molar-refractivity contribution in [2.75, 3.05) is 11.4 Å². The molecule has 132 valence electrons. The Hall–Kier alpha value is -2.99. The molecule has 0 saturated heterocycles. The maximum atomic E-state index is 13.1. The van der Waals surface area contributed by atoms with E-state index in [1.807, 2.05) is 30.3 Å². The van der Waals surface area contributed by atoms with Crippen LogP contribution in [-0.2, 0) is 16.4 Å². The van der Waals surface area contributed by atoms with Crippen LogP contribution < -0.4 is 9.04 Å². The third-order valence-electron chi connectivity index (χ3n) is 4.47. The lowest BCUT2D eigenvalue weighted by atomic mass is 10.0. The predicted molar refractivity (Wildman–Crippen MR) is 99.5 cm³/mol. The number of sulfonamides is 1. The Kier molecular flexibility index (Phi) is 3.85. The van der Waals surface area contributed by atoms with Crippen LogP contribution >= 0.6 is 0 Å². The number of hydrogen-bond donors (Lipinski definition) is 1. The van der Waals surface area contributed by atoms with Gasteiger partial charge < -0.3 is 9.84 Å². The SMILES string of the molecule is CN1c2ccccc2Cc2c(O)cc(Oc3ccccc3)cc2S1(=O)=O. The minimum atomic E-state index is -3.81. The van der Waals surface area contributed by atoms with E-state index in [-0.39, 0.29) is 16.4 Å². The van der Waals surface area contributed by atoms with Gasteiger partial charge in [-0.2, -0.15) is 0 Å². The van der Waals surface area contributed by atoms with Gasteiger partial charge in [0.25, 0.3) is 10.0 Å². The van der Waals surface area contributed by atoms with Gasteiger partial charge in [-0.15, -0.1) is 0 Å². The van der Waals surface area contributed by atoms with Crippen LogP contribution in [0, 0.1) is 0 Å². The van der Waals surface area contributed by atoms with Gasteiger partial charge in [-0.3, -0.25) is 4.31 Å². The second kappa shape index (κ2) is 6.07. The first-order valence-corrected chi connectivity index (χ1v) is 9.56. The highest BCUT2D eigenvalue weighted by atomic mass is 32.2. The second-order valence-electron chi connectivity index (χ2n) is 6.11. The molecule has 6 heteroatoms. The molecule has 0 unspecified atom stereocenters. The van der Waals surface area contributed by atoms with E-state index >= 15 is 0 Å². The number of phenols is 1. The van der Waals surface area contributed by atoms with Crippen LogP contribution in [0.25, 0.3) is 0 Å². The molecule has 0 spiro atoms. The topological polar surface area (TPSA) is 66.8 Å². The van der Waals surface area contributed by atoms with Crippen molar-refractivity contribution in [1.29, 1.82) is 0 Å². The summed E-state index contributed by atoms with van der Waals surface area (Å²) in [6.45, 7) is 0. The van der Waals surface area contributed by atoms with Gasteiger partial charge in [-0.25, -0.2) is 8.42 Å². The number of rotatable bonds is 2. The van der Waals surface area contributed by atoms with Crippen LogP contribution in [0.4, 0.5) is 5.69 Å². The fourth-order valence-electron chi connectivity index (χ4n) is 3.13. The van der Waals surface area contributed by atoms with Crippen LogP contribution in [0.5, 0.6) is 17.2 Å². The van der Waals surface area contributed by atoms with Gasteiger partial charge in [0.15, 0.2) is 0 Å². The monoisotopic (exact) mass is 367 g/mol. The Morgan fingerprint density at radius 2 is 1.65 bits per heavy atom. The predicted octanol–water partition coefficient (Wildman–Crippen LogP) is 3.91. The van der Waals surface area contributed by atoms with Crippen LogP contribution in [0.15, 0.2) is 71.6 Å². The zero-order chi connectivity index (χ0) is 18.3. The summed E-state index contributed by atoms with van der Waals surface area (Å²) < 4.78 is 33.2.